The summed E-state index contributed by atoms with van der Waals surface area (Å²) in [5.41, 5.74) is 2.40. The molecule has 2 atom stereocenters. The lowest BCUT2D eigenvalue weighted by atomic mass is 10.1. The van der Waals surface area contributed by atoms with Gasteiger partial charge in [0.05, 0.1) is 5.69 Å². The molecule has 3 aromatic rings. The minimum absolute atomic E-state index is 0.0520. The van der Waals surface area contributed by atoms with Gasteiger partial charge in [0.1, 0.15) is 12.1 Å². The molecule has 6 heteroatoms. The predicted molar refractivity (Wildman–Crippen MR) is 92.3 cm³/mol. The normalized spacial score (nSPS) is 18.8. The Balaban J connectivity index is 1.52. The topological polar surface area (TPSA) is 59.8 Å². The average Bonchev–Trinajstić information content (AvgIpc) is 3.31. The molecule has 126 valence electrons. The van der Waals surface area contributed by atoms with Gasteiger partial charge in [0.25, 0.3) is 0 Å². The van der Waals surface area contributed by atoms with Crippen LogP contribution in [0.15, 0.2) is 54.9 Å². The van der Waals surface area contributed by atoms with Gasteiger partial charge >= 0.3 is 0 Å². The number of carbonyl (C=O) groups is 1. The van der Waals surface area contributed by atoms with E-state index in [9.17, 15) is 9.18 Å². The van der Waals surface area contributed by atoms with Crippen molar-refractivity contribution in [3.63, 3.8) is 0 Å². The zero-order chi connectivity index (χ0) is 17.4. The highest BCUT2D eigenvalue weighted by atomic mass is 19.1. The first-order chi connectivity index (χ1) is 12.1. The molecular weight excluding hydrogens is 319 g/mol. The van der Waals surface area contributed by atoms with Gasteiger partial charge in [-0.3, -0.25) is 4.79 Å². The quantitative estimate of drug-likeness (QED) is 0.795. The summed E-state index contributed by atoms with van der Waals surface area (Å²) in [5.74, 6) is 0.320. The van der Waals surface area contributed by atoms with Crippen LogP contribution in [0.4, 0.5) is 10.1 Å². The Bertz CT molecular complexity index is 936. The maximum atomic E-state index is 13.4. The molecule has 2 aromatic carbocycles. The predicted octanol–water partition coefficient (Wildman–Crippen LogP) is 3.36. The minimum atomic E-state index is -0.267. The molecule has 1 fully saturated rings. The standard InChI is InChI=1S/C19H17FN4O/c1-24-11-21-23-18(24)14-7-2-3-8-17(14)22-19(25)16-10-15(16)12-5-4-6-13(20)9-12/h2-9,11,15-16H,10H2,1H3,(H,22,25). The van der Waals surface area contributed by atoms with E-state index in [4.69, 9.17) is 0 Å². The van der Waals surface area contributed by atoms with E-state index in [0.29, 0.717) is 11.5 Å². The zero-order valence-corrected chi connectivity index (χ0v) is 13.7. The molecule has 1 N–H and O–H groups in total. The Morgan fingerprint density at radius 1 is 1.24 bits per heavy atom. The highest BCUT2D eigenvalue weighted by molar-refractivity contribution is 5.98. The second kappa shape index (κ2) is 6.12. The molecule has 0 radical (unpaired) electrons. The van der Waals surface area contributed by atoms with Crippen LogP contribution in [0.2, 0.25) is 0 Å². The maximum absolute atomic E-state index is 13.4. The van der Waals surface area contributed by atoms with Crippen molar-refractivity contribution in [3.05, 3.63) is 66.2 Å². The lowest BCUT2D eigenvalue weighted by molar-refractivity contribution is -0.117. The Morgan fingerprint density at radius 3 is 2.84 bits per heavy atom. The summed E-state index contributed by atoms with van der Waals surface area (Å²) in [6, 6.07) is 14.0. The van der Waals surface area contributed by atoms with Crippen molar-refractivity contribution < 1.29 is 9.18 Å². The average molecular weight is 336 g/mol. The van der Waals surface area contributed by atoms with Gasteiger partial charge in [0, 0.05) is 18.5 Å². The molecule has 1 aliphatic carbocycles. The maximum Gasteiger partial charge on any atom is 0.228 e. The number of rotatable bonds is 4. The van der Waals surface area contributed by atoms with Crippen LogP contribution in [0.5, 0.6) is 0 Å². The van der Waals surface area contributed by atoms with E-state index < -0.39 is 0 Å². The SMILES string of the molecule is Cn1cnnc1-c1ccccc1NC(=O)C1CC1c1cccc(F)c1. The molecule has 2 unspecified atom stereocenters. The smallest absolute Gasteiger partial charge is 0.228 e. The molecule has 0 saturated heterocycles. The van der Waals surface area contributed by atoms with Crippen LogP contribution in [0.3, 0.4) is 0 Å². The summed E-state index contributed by atoms with van der Waals surface area (Å²) in [6.45, 7) is 0. The zero-order valence-electron chi connectivity index (χ0n) is 13.7. The molecular formula is C19H17FN4O. The Hall–Kier alpha value is -3.02. The number of benzene rings is 2. The molecule has 5 nitrogen and oxygen atoms in total. The van der Waals surface area contributed by atoms with Crippen molar-refractivity contribution in [2.75, 3.05) is 5.32 Å². The summed E-state index contributed by atoms with van der Waals surface area (Å²) in [4.78, 5) is 12.6. The fourth-order valence-corrected chi connectivity index (χ4v) is 3.13. The van der Waals surface area contributed by atoms with Gasteiger partial charge in [-0.1, -0.05) is 24.3 Å². The van der Waals surface area contributed by atoms with Crippen molar-refractivity contribution in [1.29, 1.82) is 0 Å². The first-order valence-electron chi connectivity index (χ1n) is 8.13. The number of aryl methyl sites for hydroxylation is 1. The van der Waals surface area contributed by atoms with E-state index >= 15 is 0 Å². The molecule has 0 bridgehead atoms. The molecule has 1 aromatic heterocycles. The third-order valence-corrected chi connectivity index (χ3v) is 4.54. The molecule has 25 heavy (non-hydrogen) atoms. The van der Waals surface area contributed by atoms with Gasteiger partial charge in [-0.25, -0.2) is 4.39 Å². The molecule has 1 aliphatic rings. The summed E-state index contributed by atoms with van der Waals surface area (Å²) in [6.07, 6.45) is 2.36. The second-order valence-corrected chi connectivity index (χ2v) is 6.30. The van der Waals surface area contributed by atoms with Crippen LogP contribution < -0.4 is 5.32 Å². The van der Waals surface area contributed by atoms with Crippen molar-refractivity contribution in [1.82, 2.24) is 14.8 Å². The monoisotopic (exact) mass is 336 g/mol. The van der Waals surface area contributed by atoms with E-state index in [0.717, 1.165) is 17.5 Å². The van der Waals surface area contributed by atoms with Crippen molar-refractivity contribution in [2.45, 2.75) is 12.3 Å². The van der Waals surface area contributed by atoms with Crippen LogP contribution in [0.25, 0.3) is 11.4 Å². The van der Waals surface area contributed by atoms with Crippen molar-refractivity contribution >= 4 is 11.6 Å². The van der Waals surface area contributed by atoms with Crippen LogP contribution in [0, 0.1) is 11.7 Å². The van der Waals surface area contributed by atoms with E-state index in [1.165, 1.54) is 12.1 Å². The number of halogens is 1. The van der Waals surface area contributed by atoms with Gasteiger partial charge in [0.2, 0.25) is 5.91 Å². The number of hydrogen-bond acceptors (Lipinski definition) is 3. The summed E-state index contributed by atoms with van der Waals surface area (Å²) < 4.78 is 15.2. The number of nitrogens with zero attached hydrogens (tertiary/aromatic N) is 3. The van der Waals surface area contributed by atoms with Crippen LogP contribution in [-0.4, -0.2) is 20.7 Å². The van der Waals surface area contributed by atoms with Crippen LogP contribution in [-0.2, 0) is 11.8 Å². The first-order valence-corrected chi connectivity index (χ1v) is 8.13. The number of para-hydroxylation sites is 1. The first kappa shape index (κ1) is 15.5. The molecule has 1 amide bonds. The van der Waals surface area contributed by atoms with Gasteiger partial charge in [-0.15, -0.1) is 10.2 Å². The molecule has 0 aliphatic heterocycles. The Kier molecular flexibility index (Phi) is 3.80. The highest BCUT2D eigenvalue weighted by Crippen LogP contribution is 2.48. The number of anilines is 1. The van der Waals surface area contributed by atoms with Gasteiger partial charge < -0.3 is 9.88 Å². The van der Waals surface area contributed by atoms with E-state index in [-0.39, 0.29) is 23.6 Å². The Labute approximate surface area is 144 Å². The number of aromatic nitrogens is 3. The fourth-order valence-electron chi connectivity index (χ4n) is 3.13. The number of hydrogen-bond donors (Lipinski definition) is 1. The minimum Gasteiger partial charge on any atom is -0.325 e. The van der Waals surface area contributed by atoms with Crippen molar-refractivity contribution in [3.8, 4) is 11.4 Å². The van der Waals surface area contributed by atoms with Crippen molar-refractivity contribution in [2.24, 2.45) is 13.0 Å². The van der Waals surface area contributed by atoms with E-state index in [1.807, 2.05) is 37.4 Å². The van der Waals surface area contributed by atoms with Crippen LogP contribution >= 0.6 is 0 Å². The van der Waals surface area contributed by atoms with Gasteiger partial charge in [-0.2, -0.15) is 0 Å². The summed E-state index contributed by atoms with van der Waals surface area (Å²) in [5, 5.41) is 11.0. The largest absolute Gasteiger partial charge is 0.325 e. The number of carbonyl (C=O) groups excluding carboxylic acids is 1. The van der Waals surface area contributed by atoms with E-state index in [2.05, 4.69) is 15.5 Å². The number of nitrogens with one attached hydrogen (secondary N) is 1. The molecule has 4 rings (SSSR count). The summed E-state index contributed by atoms with van der Waals surface area (Å²) in [7, 11) is 1.86. The molecule has 0 spiro atoms. The second-order valence-electron chi connectivity index (χ2n) is 6.30. The van der Waals surface area contributed by atoms with Gasteiger partial charge in [-0.05, 0) is 42.2 Å². The van der Waals surface area contributed by atoms with Gasteiger partial charge in [0.15, 0.2) is 5.82 Å². The fraction of sp³-hybridized carbons (Fsp3) is 0.211. The highest BCUT2D eigenvalue weighted by Gasteiger charge is 2.44. The summed E-state index contributed by atoms with van der Waals surface area (Å²) >= 11 is 0. The lowest BCUT2D eigenvalue weighted by Gasteiger charge is -2.10. The number of amides is 1. The Morgan fingerprint density at radius 2 is 2.08 bits per heavy atom. The lowest BCUT2D eigenvalue weighted by Crippen LogP contribution is -2.15. The third kappa shape index (κ3) is 3.03. The van der Waals surface area contributed by atoms with Crippen LogP contribution in [0.1, 0.15) is 17.9 Å². The third-order valence-electron chi connectivity index (χ3n) is 4.54. The van der Waals surface area contributed by atoms with E-state index in [1.54, 1.807) is 17.0 Å². The molecule has 1 saturated carbocycles. The molecule has 1 heterocycles.